The SMILES string of the molecule is NC1(c2ccc3c(C4CC4)onc3c2)CC1. The lowest BCUT2D eigenvalue weighted by Gasteiger charge is -2.07. The van der Waals surface area contributed by atoms with Gasteiger partial charge in [-0.1, -0.05) is 11.2 Å². The first-order valence-corrected chi connectivity index (χ1v) is 5.95. The molecule has 0 radical (unpaired) electrons. The Kier molecular flexibility index (Phi) is 1.46. The van der Waals surface area contributed by atoms with Gasteiger partial charge in [0.15, 0.2) is 0 Å². The minimum atomic E-state index is -0.0765. The van der Waals surface area contributed by atoms with Crippen LogP contribution in [0.25, 0.3) is 10.9 Å². The van der Waals surface area contributed by atoms with Gasteiger partial charge in [-0.3, -0.25) is 0 Å². The van der Waals surface area contributed by atoms with Crippen LogP contribution in [-0.4, -0.2) is 5.16 Å². The Bertz CT molecular complexity index is 564. The molecule has 0 bridgehead atoms. The van der Waals surface area contributed by atoms with Gasteiger partial charge in [0.05, 0.1) is 0 Å². The number of hydrogen-bond donors (Lipinski definition) is 1. The Labute approximate surface area is 93.6 Å². The maximum atomic E-state index is 6.18. The van der Waals surface area contributed by atoms with Crippen LogP contribution in [0.3, 0.4) is 0 Å². The van der Waals surface area contributed by atoms with Crippen molar-refractivity contribution in [1.82, 2.24) is 5.16 Å². The lowest BCUT2D eigenvalue weighted by Crippen LogP contribution is -2.18. The van der Waals surface area contributed by atoms with E-state index in [0.29, 0.717) is 5.92 Å². The Morgan fingerprint density at radius 3 is 2.81 bits per heavy atom. The molecule has 0 spiro atoms. The number of nitrogens with two attached hydrogens (primary N) is 1. The van der Waals surface area contributed by atoms with Crippen molar-refractivity contribution in [3.63, 3.8) is 0 Å². The maximum Gasteiger partial charge on any atom is 0.147 e. The molecule has 1 heterocycles. The fraction of sp³-hybridized carbons (Fsp3) is 0.462. The third-order valence-electron chi connectivity index (χ3n) is 3.82. The van der Waals surface area contributed by atoms with Crippen LogP contribution in [-0.2, 0) is 5.54 Å². The second-order valence-corrected chi connectivity index (χ2v) is 5.21. The number of benzene rings is 1. The van der Waals surface area contributed by atoms with E-state index in [1.165, 1.54) is 23.8 Å². The summed E-state index contributed by atoms with van der Waals surface area (Å²) in [6.07, 6.45) is 4.66. The van der Waals surface area contributed by atoms with Gasteiger partial charge >= 0.3 is 0 Å². The molecule has 82 valence electrons. The summed E-state index contributed by atoms with van der Waals surface area (Å²) in [5.41, 5.74) is 8.28. The normalized spacial score (nSPS) is 22.6. The fourth-order valence-electron chi connectivity index (χ4n) is 2.34. The van der Waals surface area contributed by atoms with E-state index < -0.39 is 0 Å². The summed E-state index contributed by atoms with van der Waals surface area (Å²) < 4.78 is 5.44. The molecule has 0 amide bonds. The minimum absolute atomic E-state index is 0.0765. The molecule has 4 rings (SSSR count). The van der Waals surface area contributed by atoms with Gasteiger partial charge in [-0.2, -0.15) is 0 Å². The highest BCUT2D eigenvalue weighted by atomic mass is 16.5. The Balaban J connectivity index is 1.87. The smallest absolute Gasteiger partial charge is 0.147 e. The standard InChI is InChI=1S/C13H14N2O/c14-13(5-6-13)9-3-4-10-11(7-9)15-16-12(10)8-1-2-8/h3-4,7-8H,1-2,5-6,14H2. The molecule has 2 aliphatic rings. The van der Waals surface area contributed by atoms with Gasteiger partial charge in [-0.15, -0.1) is 0 Å². The molecule has 0 unspecified atom stereocenters. The van der Waals surface area contributed by atoms with Crippen LogP contribution in [0.1, 0.15) is 42.9 Å². The summed E-state index contributed by atoms with van der Waals surface area (Å²) in [6, 6.07) is 6.36. The van der Waals surface area contributed by atoms with E-state index >= 15 is 0 Å². The zero-order chi connectivity index (χ0) is 10.8. The van der Waals surface area contributed by atoms with Crippen LogP contribution in [0.2, 0.25) is 0 Å². The predicted molar refractivity (Wildman–Crippen MR) is 61.1 cm³/mol. The van der Waals surface area contributed by atoms with Crippen LogP contribution < -0.4 is 5.73 Å². The van der Waals surface area contributed by atoms with E-state index in [4.69, 9.17) is 10.3 Å². The van der Waals surface area contributed by atoms with Gasteiger partial charge in [-0.05, 0) is 43.4 Å². The average Bonchev–Trinajstić information content (AvgIpc) is 3.21. The van der Waals surface area contributed by atoms with E-state index in [9.17, 15) is 0 Å². The van der Waals surface area contributed by atoms with Gasteiger partial charge in [-0.25, -0.2) is 0 Å². The molecule has 16 heavy (non-hydrogen) atoms. The molecule has 0 saturated heterocycles. The molecular weight excluding hydrogens is 200 g/mol. The highest BCUT2D eigenvalue weighted by Crippen LogP contribution is 2.46. The van der Waals surface area contributed by atoms with E-state index in [-0.39, 0.29) is 5.54 Å². The first-order chi connectivity index (χ1) is 7.76. The van der Waals surface area contributed by atoms with Gasteiger partial charge in [0, 0.05) is 16.8 Å². The van der Waals surface area contributed by atoms with Crippen molar-refractivity contribution >= 4 is 10.9 Å². The molecule has 1 aromatic heterocycles. The van der Waals surface area contributed by atoms with Crippen molar-refractivity contribution in [3.8, 4) is 0 Å². The van der Waals surface area contributed by atoms with E-state index in [2.05, 4.69) is 23.4 Å². The first-order valence-electron chi connectivity index (χ1n) is 5.95. The molecule has 2 saturated carbocycles. The summed E-state index contributed by atoms with van der Waals surface area (Å²) in [5.74, 6) is 1.69. The number of aromatic nitrogens is 1. The van der Waals surface area contributed by atoms with Gasteiger partial charge in [0.1, 0.15) is 11.3 Å². The monoisotopic (exact) mass is 214 g/mol. The van der Waals surface area contributed by atoms with Crippen LogP contribution >= 0.6 is 0 Å². The summed E-state index contributed by atoms with van der Waals surface area (Å²) in [7, 11) is 0. The minimum Gasteiger partial charge on any atom is -0.360 e. The largest absolute Gasteiger partial charge is 0.360 e. The van der Waals surface area contributed by atoms with E-state index in [1.54, 1.807) is 0 Å². The van der Waals surface area contributed by atoms with Crippen molar-refractivity contribution in [1.29, 1.82) is 0 Å². The Morgan fingerprint density at radius 2 is 2.12 bits per heavy atom. The average molecular weight is 214 g/mol. The highest BCUT2D eigenvalue weighted by molar-refractivity contribution is 5.82. The lowest BCUT2D eigenvalue weighted by atomic mass is 10.0. The molecule has 1 aromatic carbocycles. The van der Waals surface area contributed by atoms with Crippen LogP contribution in [0.4, 0.5) is 0 Å². The van der Waals surface area contributed by atoms with Crippen molar-refractivity contribution in [3.05, 3.63) is 29.5 Å². The number of nitrogens with zero attached hydrogens (tertiary/aromatic N) is 1. The second-order valence-electron chi connectivity index (χ2n) is 5.21. The van der Waals surface area contributed by atoms with Crippen molar-refractivity contribution in [2.24, 2.45) is 5.73 Å². The van der Waals surface area contributed by atoms with Crippen LogP contribution in [0, 0.1) is 0 Å². The number of hydrogen-bond acceptors (Lipinski definition) is 3. The highest BCUT2D eigenvalue weighted by Gasteiger charge is 2.40. The number of rotatable bonds is 2. The van der Waals surface area contributed by atoms with Gasteiger partial charge in [0.25, 0.3) is 0 Å². The zero-order valence-corrected chi connectivity index (χ0v) is 9.07. The molecule has 3 heteroatoms. The van der Waals surface area contributed by atoms with E-state index in [1.807, 2.05) is 0 Å². The fourth-order valence-corrected chi connectivity index (χ4v) is 2.34. The number of fused-ring (bicyclic) bond motifs is 1. The molecule has 3 nitrogen and oxygen atoms in total. The maximum absolute atomic E-state index is 6.18. The molecule has 2 aromatic rings. The Hall–Kier alpha value is -1.35. The van der Waals surface area contributed by atoms with Crippen LogP contribution in [0.5, 0.6) is 0 Å². The summed E-state index contributed by atoms with van der Waals surface area (Å²) in [5, 5.41) is 5.33. The third kappa shape index (κ3) is 1.15. The second kappa shape index (κ2) is 2.66. The van der Waals surface area contributed by atoms with Gasteiger partial charge in [0.2, 0.25) is 0 Å². The van der Waals surface area contributed by atoms with Crippen molar-refractivity contribution < 1.29 is 4.52 Å². The van der Waals surface area contributed by atoms with Crippen molar-refractivity contribution in [2.75, 3.05) is 0 Å². The molecule has 2 fully saturated rings. The predicted octanol–water partition coefficient (Wildman–Crippen LogP) is 2.65. The summed E-state index contributed by atoms with van der Waals surface area (Å²) in [4.78, 5) is 0. The van der Waals surface area contributed by atoms with E-state index in [0.717, 1.165) is 24.1 Å². The molecular formula is C13H14N2O. The summed E-state index contributed by atoms with van der Waals surface area (Å²) in [6.45, 7) is 0. The molecule has 0 atom stereocenters. The molecule has 2 N–H and O–H groups in total. The Morgan fingerprint density at radius 1 is 1.31 bits per heavy atom. The van der Waals surface area contributed by atoms with Crippen LogP contribution in [0.15, 0.2) is 22.7 Å². The first kappa shape index (κ1) is 8.76. The summed E-state index contributed by atoms with van der Waals surface area (Å²) >= 11 is 0. The molecule has 0 aliphatic heterocycles. The van der Waals surface area contributed by atoms with Crippen molar-refractivity contribution in [2.45, 2.75) is 37.1 Å². The lowest BCUT2D eigenvalue weighted by molar-refractivity contribution is 0.392. The quantitative estimate of drug-likeness (QED) is 0.836. The third-order valence-corrected chi connectivity index (χ3v) is 3.82. The topological polar surface area (TPSA) is 52.0 Å². The molecule has 2 aliphatic carbocycles. The zero-order valence-electron chi connectivity index (χ0n) is 9.07. The van der Waals surface area contributed by atoms with Gasteiger partial charge < -0.3 is 10.3 Å².